The number of nitrogens with zero attached hydrogens (tertiary/aromatic N) is 1. The molecule has 0 radical (unpaired) electrons. The van der Waals surface area contributed by atoms with Gasteiger partial charge in [0.05, 0.1) is 11.7 Å². The minimum Gasteiger partial charge on any atom is -0.478 e. The van der Waals surface area contributed by atoms with Crippen LogP contribution in [0.3, 0.4) is 0 Å². The van der Waals surface area contributed by atoms with E-state index in [-0.39, 0.29) is 6.10 Å². The molecule has 0 amide bonds. The average Bonchev–Trinajstić information content (AvgIpc) is 3.18. The van der Waals surface area contributed by atoms with Crippen molar-refractivity contribution in [2.75, 3.05) is 45.4 Å². The van der Waals surface area contributed by atoms with E-state index in [4.69, 9.17) is 14.6 Å². The Morgan fingerprint density at radius 2 is 1.96 bits per heavy atom. The maximum absolute atomic E-state index is 11.0. The third-order valence-corrected chi connectivity index (χ3v) is 5.08. The quantitative estimate of drug-likeness (QED) is 0.613. The van der Waals surface area contributed by atoms with E-state index in [1.54, 1.807) is 19.2 Å². The Hall–Kier alpha value is -2.41. The normalized spacial score (nSPS) is 18.1. The molecule has 3 rings (SSSR count). The first-order valence-electron chi connectivity index (χ1n) is 9.60. The van der Waals surface area contributed by atoms with Gasteiger partial charge in [0.15, 0.2) is 0 Å². The van der Waals surface area contributed by atoms with Gasteiger partial charge in [-0.15, -0.1) is 0 Å². The van der Waals surface area contributed by atoms with Gasteiger partial charge in [-0.3, -0.25) is 4.90 Å². The molecule has 0 saturated carbocycles. The van der Waals surface area contributed by atoms with Gasteiger partial charge in [0, 0.05) is 44.9 Å². The van der Waals surface area contributed by atoms with Crippen LogP contribution in [0.15, 0.2) is 54.6 Å². The van der Waals surface area contributed by atoms with Crippen LogP contribution in [0.5, 0.6) is 0 Å². The predicted molar refractivity (Wildman–Crippen MR) is 109 cm³/mol. The summed E-state index contributed by atoms with van der Waals surface area (Å²) in [5.41, 5.74) is 2.51. The highest BCUT2D eigenvalue weighted by atomic mass is 16.7. The molecule has 1 fully saturated rings. The van der Waals surface area contributed by atoms with Crippen LogP contribution in [0.4, 0.5) is 5.69 Å². The van der Waals surface area contributed by atoms with Crippen LogP contribution in [0.2, 0.25) is 0 Å². The number of rotatable bonds is 10. The van der Waals surface area contributed by atoms with Gasteiger partial charge in [-0.25, -0.2) is 4.79 Å². The fraction of sp³-hybridized carbons (Fsp3) is 0.409. The van der Waals surface area contributed by atoms with E-state index in [9.17, 15) is 4.79 Å². The Kier molecular flexibility index (Phi) is 7.42. The lowest BCUT2D eigenvalue weighted by atomic mass is 9.98. The Labute approximate surface area is 166 Å². The smallest absolute Gasteiger partial charge is 0.335 e. The van der Waals surface area contributed by atoms with Crippen molar-refractivity contribution < 1.29 is 19.4 Å². The van der Waals surface area contributed by atoms with E-state index >= 15 is 0 Å². The van der Waals surface area contributed by atoms with Gasteiger partial charge in [-0.2, -0.15) is 0 Å². The summed E-state index contributed by atoms with van der Waals surface area (Å²) in [7, 11) is 1.65. The van der Waals surface area contributed by atoms with Crippen LogP contribution in [0, 0.1) is 0 Å². The van der Waals surface area contributed by atoms with Gasteiger partial charge >= 0.3 is 5.97 Å². The zero-order chi connectivity index (χ0) is 19.8. The molecule has 0 aliphatic carbocycles. The highest BCUT2D eigenvalue weighted by Crippen LogP contribution is 2.22. The molecule has 1 aliphatic rings. The summed E-state index contributed by atoms with van der Waals surface area (Å²) in [5, 5.41) is 12.5. The number of hydrogen-bond donors (Lipinski definition) is 2. The number of carbonyl (C=O) groups is 1. The molecular formula is C22H28N2O4. The molecule has 0 aromatic heterocycles. The average molecular weight is 384 g/mol. The summed E-state index contributed by atoms with van der Waals surface area (Å²) >= 11 is 0. The third kappa shape index (κ3) is 5.79. The zero-order valence-corrected chi connectivity index (χ0v) is 16.2. The zero-order valence-electron chi connectivity index (χ0n) is 16.2. The van der Waals surface area contributed by atoms with Crippen molar-refractivity contribution in [2.24, 2.45) is 0 Å². The summed E-state index contributed by atoms with van der Waals surface area (Å²) in [4.78, 5) is 13.4. The molecule has 0 spiro atoms. The minimum atomic E-state index is -0.909. The summed E-state index contributed by atoms with van der Waals surface area (Å²) in [6.45, 7) is 3.99. The van der Waals surface area contributed by atoms with Crippen LogP contribution < -0.4 is 5.32 Å². The Bertz CT molecular complexity index is 736. The molecule has 150 valence electrons. The van der Waals surface area contributed by atoms with Gasteiger partial charge in [0.1, 0.15) is 6.79 Å². The molecule has 1 aliphatic heterocycles. The highest BCUT2D eigenvalue weighted by molar-refractivity contribution is 5.87. The fourth-order valence-corrected chi connectivity index (χ4v) is 3.56. The number of carboxylic acids is 1. The highest BCUT2D eigenvalue weighted by Gasteiger charge is 2.25. The number of carboxylic acid groups (broad SMARTS) is 1. The molecule has 1 saturated heterocycles. The van der Waals surface area contributed by atoms with Crippen molar-refractivity contribution in [3.8, 4) is 0 Å². The van der Waals surface area contributed by atoms with Crippen molar-refractivity contribution in [3.05, 3.63) is 65.7 Å². The molecule has 2 N–H and O–H groups in total. The van der Waals surface area contributed by atoms with Crippen molar-refractivity contribution in [1.82, 2.24) is 4.90 Å². The van der Waals surface area contributed by atoms with Crippen LogP contribution in [0.1, 0.15) is 28.3 Å². The second-order valence-electron chi connectivity index (χ2n) is 7.11. The Balaban J connectivity index is 1.61. The Morgan fingerprint density at radius 3 is 2.64 bits per heavy atom. The number of aromatic carboxylic acids is 1. The lowest BCUT2D eigenvalue weighted by Crippen LogP contribution is -2.31. The van der Waals surface area contributed by atoms with Crippen molar-refractivity contribution in [3.63, 3.8) is 0 Å². The van der Waals surface area contributed by atoms with Crippen molar-refractivity contribution >= 4 is 11.7 Å². The second-order valence-corrected chi connectivity index (χ2v) is 7.11. The molecule has 2 atom stereocenters. The predicted octanol–water partition coefficient (Wildman–Crippen LogP) is 3.28. The van der Waals surface area contributed by atoms with Crippen molar-refractivity contribution in [2.45, 2.75) is 18.4 Å². The van der Waals surface area contributed by atoms with E-state index in [1.807, 2.05) is 18.2 Å². The number of methoxy groups -OCH3 is 1. The number of nitrogens with one attached hydrogen (secondary N) is 1. The number of hydrogen-bond acceptors (Lipinski definition) is 5. The molecule has 6 nitrogen and oxygen atoms in total. The third-order valence-electron chi connectivity index (χ3n) is 5.08. The summed E-state index contributed by atoms with van der Waals surface area (Å²) in [5.74, 6) is -0.588. The lowest BCUT2D eigenvalue weighted by molar-refractivity contribution is -0.0671. The van der Waals surface area contributed by atoms with Gasteiger partial charge in [-0.1, -0.05) is 30.3 Å². The molecule has 0 bridgehead atoms. The van der Waals surface area contributed by atoms with E-state index < -0.39 is 5.97 Å². The molecule has 28 heavy (non-hydrogen) atoms. The number of anilines is 1. The minimum absolute atomic E-state index is 0.230. The monoisotopic (exact) mass is 384 g/mol. The van der Waals surface area contributed by atoms with E-state index in [1.165, 1.54) is 5.56 Å². The molecule has 2 aromatic rings. The van der Waals surface area contributed by atoms with Crippen LogP contribution >= 0.6 is 0 Å². The topological polar surface area (TPSA) is 71.0 Å². The standard InChI is InChI=1S/C22H28N2O4/c1-27-16-28-21-11-12-24(15-21)14-19(17-5-3-2-4-6-17)13-23-20-9-7-18(8-10-20)22(25)26/h2-10,19,21,23H,11-16H2,1H3,(H,25,26). The number of likely N-dealkylation sites (tertiary alicyclic amines) is 1. The molecule has 1 heterocycles. The summed E-state index contributed by atoms with van der Waals surface area (Å²) < 4.78 is 10.7. The molecule has 6 heteroatoms. The first kappa shape index (κ1) is 20.3. The first-order chi connectivity index (χ1) is 13.7. The van der Waals surface area contributed by atoms with Gasteiger partial charge in [0.2, 0.25) is 0 Å². The van der Waals surface area contributed by atoms with Gasteiger partial charge in [0.25, 0.3) is 0 Å². The first-order valence-corrected chi connectivity index (χ1v) is 9.60. The van der Waals surface area contributed by atoms with Crippen molar-refractivity contribution in [1.29, 1.82) is 0 Å². The van der Waals surface area contributed by atoms with E-state index in [0.29, 0.717) is 18.3 Å². The summed E-state index contributed by atoms with van der Waals surface area (Å²) in [6, 6.07) is 17.4. The number of ether oxygens (including phenoxy) is 2. The largest absolute Gasteiger partial charge is 0.478 e. The molecular weight excluding hydrogens is 356 g/mol. The van der Waals surface area contributed by atoms with Crippen LogP contribution in [-0.4, -0.2) is 62.2 Å². The van der Waals surface area contributed by atoms with Gasteiger partial charge in [-0.05, 0) is 36.2 Å². The van der Waals surface area contributed by atoms with Gasteiger partial charge < -0.3 is 19.9 Å². The molecule has 2 aromatic carbocycles. The number of benzene rings is 2. The Morgan fingerprint density at radius 1 is 1.21 bits per heavy atom. The second kappa shape index (κ2) is 10.2. The van der Waals surface area contributed by atoms with E-state index in [2.05, 4.69) is 34.5 Å². The van der Waals surface area contributed by atoms with Crippen LogP contribution in [0.25, 0.3) is 0 Å². The van der Waals surface area contributed by atoms with E-state index in [0.717, 1.165) is 38.3 Å². The maximum atomic E-state index is 11.0. The maximum Gasteiger partial charge on any atom is 0.335 e. The lowest BCUT2D eigenvalue weighted by Gasteiger charge is -2.25. The van der Waals surface area contributed by atoms with Crippen LogP contribution in [-0.2, 0) is 9.47 Å². The fourth-order valence-electron chi connectivity index (χ4n) is 3.56. The SMILES string of the molecule is COCOC1CCN(CC(CNc2ccc(C(=O)O)cc2)c2ccccc2)C1. The summed E-state index contributed by atoms with van der Waals surface area (Å²) in [6.07, 6.45) is 1.25. The molecule has 2 unspecified atom stereocenters.